The average Bonchev–Trinajstić information content (AvgIpc) is 2.27. The molecule has 16 heavy (non-hydrogen) atoms. The first kappa shape index (κ1) is 12.4. The van der Waals surface area contributed by atoms with E-state index in [-0.39, 0.29) is 11.8 Å². The topological polar surface area (TPSA) is 33.2 Å². The van der Waals surface area contributed by atoms with Crippen molar-refractivity contribution in [3.05, 3.63) is 36.5 Å². The van der Waals surface area contributed by atoms with Crippen LogP contribution in [-0.2, 0) is 4.79 Å². The Morgan fingerprint density at radius 3 is 2.75 bits per heavy atom. The maximum absolute atomic E-state index is 12.0. The Hall–Kier alpha value is -1.64. The number of allylic oxidation sites excluding steroid dienone is 1. The highest BCUT2D eigenvalue weighted by Gasteiger charge is 2.18. The molecule has 0 radical (unpaired) electrons. The zero-order chi connectivity index (χ0) is 12.1. The normalized spacial score (nSPS) is 11.9. The van der Waals surface area contributed by atoms with Gasteiger partial charge in [-0.3, -0.25) is 9.69 Å². The zero-order valence-electron chi connectivity index (χ0n) is 10.1. The highest BCUT2D eigenvalue weighted by Crippen LogP contribution is 2.15. The van der Waals surface area contributed by atoms with Crippen LogP contribution in [0.5, 0.6) is 0 Å². The number of anilines is 1. The Kier molecular flexibility index (Phi) is 4.23. The van der Waals surface area contributed by atoms with Crippen LogP contribution >= 0.6 is 0 Å². The van der Waals surface area contributed by atoms with Crippen LogP contribution in [0.3, 0.4) is 0 Å². The van der Waals surface area contributed by atoms with Gasteiger partial charge in [-0.25, -0.2) is 4.98 Å². The molecule has 0 aromatic carbocycles. The number of hydrogen-bond donors (Lipinski definition) is 0. The van der Waals surface area contributed by atoms with E-state index in [1.54, 1.807) is 18.1 Å². The summed E-state index contributed by atoms with van der Waals surface area (Å²) in [7, 11) is 1.75. The van der Waals surface area contributed by atoms with Crippen molar-refractivity contribution in [1.29, 1.82) is 0 Å². The van der Waals surface area contributed by atoms with Crippen LogP contribution in [0.1, 0.15) is 20.3 Å². The zero-order valence-corrected chi connectivity index (χ0v) is 10.1. The predicted octanol–water partition coefficient (Wildman–Crippen LogP) is 2.65. The number of hydrogen-bond acceptors (Lipinski definition) is 2. The third kappa shape index (κ3) is 3.19. The minimum absolute atomic E-state index is 0.0514. The van der Waals surface area contributed by atoms with Gasteiger partial charge >= 0.3 is 0 Å². The molecule has 0 aliphatic rings. The van der Waals surface area contributed by atoms with E-state index < -0.39 is 0 Å². The van der Waals surface area contributed by atoms with Gasteiger partial charge in [0.05, 0.1) is 0 Å². The second-order valence-corrected chi connectivity index (χ2v) is 4.15. The van der Waals surface area contributed by atoms with Gasteiger partial charge in [0.15, 0.2) is 0 Å². The summed E-state index contributed by atoms with van der Waals surface area (Å²) in [4.78, 5) is 17.8. The van der Waals surface area contributed by atoms with Crippen molar-refractivity contribution in [3.63, 3.8) is 0 Å². The maximum Gasteiger partial charge on any atom is 0.231 e. The average molecular weight is 218 g/mol. The minimum Gasteiger partial charge on any atom is -0.300 e. The maximum atomic E-state index is 12.0. The van der Waals surface area contributed by atoms with E-state index in [1.807, 2.05) is 32.0 Å². The molecule has 0 fully saturated rings. The fourth-order valence-electron chi connectivity index (χ4n) is 1.61. The molecule has 3 heteroatoms. The molecular formula is C13H18N2O. The molecule has 1 atom stereocenters. The molecule has 0 saturated carbocycles. The van der Waals surface area contributed by atoms with Crippen LogP contribution in [0.25, 0.3) is 0 Å². The van der Waals surface area contributed by atoms with E-state index in [9.17, 15) is 4.79 Å². The Morgan fingerprint density at radius 2 is 2.25 bits per heavy atom. The number of carbonyl (C=O) groups is 1. The standard InChI is InChI=1S/C13H18N2O/c1-10(2)9-11(3)13(16)15(4)12-7-5-6-8-14-12/h5-8,11H,1,9H2,2-4H3. The number of carbonyl (C=O) groups excluding carboxylic acids is 1. The molecule has 1 amide bonds. The van der Waals surface area contributed by atoms with E-state index in [1.165, 1.54) is 0 Å². The SMILES string of the molecule is C=C(C)CC(C)C(=O)N(C)c1ccccn1. The summed E-state index contributed by atoms with van der Waals surface area (Å²) < 4.78 is 0. The first-order chi connectivity index (χ1) is 7.52. The van der Waals surface area contributed by atoms with Gasteiger partial charge in [-0.15, -0.1) is 6.58 Å². The van der Waals surface area contributed by atoms with Crippen molar-refractivity contribution in [1.82, 2.24) is 4.98 Å². The van der Waals surface area contributed by atoms with E-state index in [0.29, 0.717) is 5.82 Å². The van der Waals surface area contributed by atoms with Crippen LogP contribution in [0, 0.1) is 5.92 Å². The molecule has 0 bridgehead atoms. The first-order valence-corrected chi connectivity index (χ1v) is 5.35. The molecule has 1 unspecified atom stereocenters. The molecule has 1 rings (SSSR count). The number of nitrogens with zero attached hydrogens (tertiary/aromatic N) is 2. The van der Waals surface area contributed by atoms with E-state index in [0.717, 1.165) is 12.0 Å². The second kappa shape index (κ2) is 5.45. The number of amides is 1. The Morgan fingerprint density at radius 1 is 1.56 bits per heavy atom. The summed E-state index contributed by atoms with van der Waals surface area (Å²) in [5.41, 5.74) is 1.02. The lowest BCUT2D eigenvalue weighted by atomic mass is 10.0. The molecular weight excluding hydrogens is 200 g/mol. The lowest BCUT2D eigenvalue weighted by Gasteiger charge is -2.20. The van der Waals surface area contributed by atoms with E-state index in [4.69, 9.17) is 0 Å². The molecule has 0 N–H and O–H groups in total. The van der Waals surface area contributed by atoms with Gasteiger partial charge in [0.25, 0.3) is 0 Å². The fourth-order valence-corrected chi connectivity index (χ4v) is 1.61. The summed E-state index contributed by atoms with van der Waals surface area (Å²) in [5, 5.41) is 0. The molecule has 3 nitrogen and oxygen atoms in total. The highest BCUT2D eigenvalue weighted by molar-refractivity contribution is 5.93. The molecule has 0 aliphatic heterocycles. The molecule has 1 aromatic heterocycles. The summed E-state index contributed by atoms with van der Waals surface area (Å²) in [5.74, 6) is 0.701. The smallest absolute Gasteiger partial charge is 0.231 e. The quantitative estimate of drug-likeness (QED) is 0.728. The number of pyridine rings is 1. The van der Waals surface area contributed by atoms with Crippen LogP contribution < -0.4 is 4.90 Å². The van der Waals surface area contributed by atoms with Crippen molar-refractivity contribution in [2.45, 2.75) is 20.3 Å². The lowest BCUT2D eigenvalue weighted by Crippen LogP contribution is -2.32. The van der Waals surface area contributed by atoms with Crippen LogP contribution in [0.15, 0.2) is 36.5 Å². The molecule has 86 valence electrons. The second-order valence-electron chi connectivity index (χ2n) is 4.15. The van der Waals surface area contributed by atoms with Gasteiger partial charge in [0, 0.05) is 19.2 Å². The monoisotopic (exact) mass is 218 g/mol. The van der Waals surface area contributed by atoms with Gasteiger partial charge in [0.1, 0.15) is 5.82 Å². The van der Waals surface area contributed by atoms with Gasteiger partial charge in [-0.2, -0.15) is 0 Å². The largest absolute Gasteiger partial charge is 0.300 e. The van der Waals surface area contributed by atoms with E-state index in [2.05, 4.69) is 11.6 Å². The Labute approximate surface area is 96.8 Å². The summed E-state index contributed by atoms with van der Waals surface area (Å²) >= 11 is 0. The molecule has 1 heterocycles. The molecule has 0 aliphatic carbocycles. The third-order valence-corrected chi connectivity index (χ3v) is 2.40. The van der Waals surface area contributed by atoms with E-state index >= 15 is 0 Å². The third-order valence-electron chi connectivity index (χ3n) is 2.40. The Bertz CT molecular complexity index is 373. The van der Waals surface area contributed by atoms with Crippen LogP contribution in [-0.4, -0.2) is 17.9 Å². The van der Waals surface area contributed by atoms with Crippen molar-refractivity contribution in [2.75, 3.05) is 11.9 Å². The fraction of sp³-hybridized carbons (Fsp3) is 0.385. The van der Waals surface area contributed by atoms with Crippen molar-refractivity contribution < 1.29 is 4.79 Å². The predicted molar refractivity (Wildman–Crippen MR) is 66.2 cm³/mol. The van der Waals surface area contributed by atoms with Crippen molar-refractivity contribution >= 4 is 11.7 Å². The number of rotatable bonds is 4. The van der Waals surface area contributed by atoms with Gasteiger partial charge in [0.2, 0.25) is 5.91 Å². The Balaban J connectivity index is 2.71. The van der Waals surface area contributed by atoms with Gasteiger partial charge < -0.3 is 0 Å². The van der Waals surface area contributed by atoms with Crippen molar-refractivity contribution in [2.24, 2.45) is 5.92 Å². The minimum atomic E-state index is -0.0514. The van der Waals surface area contributed by atoms with Crippen LogP contribution in [0.2, 0.25) is 0 Å². The lowest BCUT2D eigenvalue weighted by molar-refractivity contribution is -0.121. The molecule has 0 saturated heterocycles. The first-order valence-electron chi connectivity index (χ1n) is 5.35. The molecule has 1 aromatic rings. The number of aromatic nitrogens is 1. The highest BCUT2D eigenvalue weighted by atomic mass is 16.2. The van der Waals surface area contributed by atoms with Gasteiger partial charge in [-0.05, 0) is 25.5 Å². The van der Waals surface area contributed by atoms with Crippen LogP contribution in [0.4, 0.5) is 5.82 Å². The van der Waals surface area contributed by atoms with Crippen molar-refractivity contribution in [3.8, 4) is 0 Å². The summed E-state index contributed by atoms with van der Waals surface area (Å²) in [6.45, 7) is 7.67. The van der Waals surface area contributed by atoms with Gasteiger partial charge in [-0.1, -0.05) is 18.6 Å². The summed E-state index contributed by atoms with van der Waals surface area (Å²) in [6.07, 6.45) is 2.40. The molecule has 0 spiro atoms. The summed E-state index contributed by atoms with van der Waals surface area (Å²) in [6, 6.07) is 5.53.